The number of nitrogens with two attached hydrogens (primary N) is 1. The van der Waals surface area contributed by atoms with E-state index in [0.29, 0.717) is 27.5 Å². The van der Waals surface area contributed by atoms with Gasteiger partial charge in [0.15, 0.2) is 15.3 Å². The van der Waals surface area contributed by atoms with Gasteiger partial charge in [0.1, 0.15) is 5.52 Å². The van der Waals surface area contributed by atoms with Crippen LogP contribution in [0.4, 0.5) is 5.82 Å². The molecule has 0 aromatic carbocycles. The van der Waals surface area contributed by atoms with Crippen LogP contribution in [-0.2, 0) is 6.67 Å². The summed E-state index contributed by atoms with van der Waals surface area (Å²) in [4.78, 5) is 25.2. The first kappa shape index (κ1) is 11.9. The maximum atomic E-state index is 11.9. The molecule has 0 radical (unpaired) electrons. The van der Waals surface area contributed by atoms with Crippen molar-refractivity contribution in [3.8, 4) is 0 Å². The normalized spacial score (nSPS) is 16.7. The van der Waals surface area contributed by atoms with Crippen LogP contribution in [0.3, 0.4) is 0 Å². The van der Waals surface area contributed by atoms with Gasteiger partial charge in [-0.3, -0.25) is 9.47 Å². The molecule has 1 aliphatic rings. The molecule has 3 N–H and O–H groups in total. The van der Waals surface area contributed by atoms with Gasteiger partial charge in [-0.15, -0.1) is 0 Å². The molecule has 3 rings (SSSR count). The first-order valence-corrected chi connectivity index (χ1v) is 6.87. The van der Waals surface area contributed by atoms with Crippen molar-refractivity contribution in [3.63, 3.8) is 0 Å². The fraction of sp³-hybridized carbons (Fsp3) is 0.500. The van der Waals surface area contributed by atoms with E-state index in [-0.39, 0.29) is 5.69 Å². The van der Waals surface area contributed by atoms with Crippen molar-refractivity contribution in [2.45, 2.75) is 19.5 Å². The van der Waals surface area contributed by atoms with Crippen LogP contribution >= 0.6 is 22.6 Å². The van der Waals surface area contributed by atoms with E-state index in [1.165, 1.54) is 12.8 Å². The molecular weight excluding hydrogens is 347 g/mol. The van der Waals surface area contributed by atoms with Crippen LogP contribution in [0.5, 0.6) is 0 Å². The lowest BCUT2D eigenvalue weighted by molar-refractivity contribution is 0.270. The number of H-pyrrole nitrogens is 1. The number of fused-ring (bicyclic) bond motifs is 1. The number of nitrogens with one attached hydrogen (secondary N) is 1. The lowest BCUT2D eigenvalue weighted by atomic mass is 10.4. The van der Waals surface area contributed by atoms with Crippen LogP contribution in [0.1, 0.15) is 12.8 Å². The highest BCUT2D eigenvalue weighted by Gasteiger charge is 2.17. The summed E-state index contributed by atoms with van der Waals surface area (Å²) in [6.45, 7) is 2.61. The second-order valence-electron chi connectivity index (χ2n) is 4.40. The van der Waals surface area contributed by atoms with E-state index in [1.54, 1.807) is 4.57 Å². The predicted octanol–water partition coefficient (Wildman–Crippen LogP) is 0.360. The molecule has 2 aromatic rings. The molecule has 18 heavy (non-hydrogen) atoms. The van der Waals surface area contributed by atoms with Crippen LogP contribution in [0.2, 0.25) is 0 Å². The summed E-state index contributed by atoms with van der Waals surface area (Å²) in [5.74, 6) is 0.321. The van der Waals surface area contributed by atoms with Gasteiger partial charge in [0, 0.05) is 22.6 Å². The second kappa shape index (κ2) is 4.50. The van der Waals surface area contributed by atoms with Gasteiger partial charge in [-0.2, -0.15) is 0 Å². The standard InChI is InChI=1S/C10H13IN6O/c11-9-14-7(12)6-8(15-9)17(10(18)13-6)5-16-3-1-2-4-16/h1-5H2,(H,13,18)(H2,12,14,15). The highest BCUT2D eigenvalue weighted by atomic mass is 127. The van der Waals surface area contributed by atoms with Crippen LogP contribution in [0, 0.1) is 3.83 Å². The highest BCUT2D eigenvalue weighted by Crippen LogP contribution is 2.16. The number of nitrogens with zero attached hydrogens (tertiary/aromatic N) is 4. The van der Waals surface area contributed by atoms with Gasteiger partial charge in [0.05, 0.1) is 6.67 Å². The largest absolute Gasteiger partial charge is 0.382 e. The Kier molecular flexibility index (Phi) is 2.98. The van der Waals surface area contributed by atoms with Crippen molar-refractivity contribution >= 4 is 39.6 Å². The molecule has 3 heterocycles. The fourth-order valence-corrected chi connectivity index (χ4v) is 2.77. The minimum Gasteiger partial charge on any atom is -0.382 e. The lowest BCUT2D eigenvalue weighted by Gasteiger charge is -2.14. The van der Waals surface area contributed by atoms with E-state index in [2.05, 4.69) is 19.9 Å². The Balaban J connectivity index is 2.09. The SMILES string of the molecule is Nc1nc(I)nc2c1[nH]c(=O)n2CN1CCCC1. The quantitative estimate of drug-likeness (QED) is 0.596. The maximum absolute atomic E-state index is 11.9. The Morgan fingerprint density at radius 3 is 2.78 bits per heavy atom. The predicted molar refractivity (Wildman–Crippen MR) is 76.1 cm³/mol. The zero-order chi connectivity index (χ0) is 12.7. The molecule has 0 aliphatic carbocycles. The number of hydrogen-bond acceptors (Lipinski definition) is 5. The molecule has 1 fully saturated rings. The van der Waals surface area contributed by atoms with Crippen molar-refractivity contribution < 1.29 is 0 Å². The zero-order valence-electron chi connectivity index (χ0n) is 9.69. The highest BCUT2D eigenvalue weighted by molar-refractivity contribution is 14.1. The van der Waals surface area contributed by atoms with Gasteiger partial charge in [-0.1, -0.05) is 0 Å². The average molecular weight is 360 g/mol. The molecule has 0 unspecified atom stereocenters. The van der Waals surface area contributed by atoms with Gasteiger partial charge in [0.25, 0.3) is 0 Å². The van der Waals surface area contributed by atoms with E-state index >= 15 is 0 Å². The monoisotopic (exact) mass is 360 g/mol. The summed E-state index contributed by atoms with van der Waals surface area (Å²) < 4.78 is 2.17. The number of anilines is 1. The molecule has 1 saturated heterocycles. The molecule has 0 atom stereocenters. The number of likely N-dealkylation sites (tertiary alicyclic amines) is 1. The summed E-state index contributed by atoms with van der Waals surface area (Å²) in [6.07, 6.45) is 2.37. The van der Waals surface area contributed by atoms with Crippen molar-refractivity contribution in [3.05, 3.63) is 14.3 Å². The Morgan fingerprint density at radius 2 is 2.06 bits per heavy atom. The number of hydrogen-bond donors (Lipinski definition) is 2. The van der Waals surface area contributed by atoms with Gasteiger partial charge in [0.2, 0.25) is 0 Å². The smallest absolute Gasteiger partial charge is 0.328 e. The summed E-state index contributed by atoms with van der Waals surface area (Å²) in [5, 5.41) is 0. The third kappa shape index (κ3) is 1.99. The van der Waals surface area contributed by atoms with Gasteiger partial charge in [-0.05, 0) is 25.9 Å². The van der Waals surface area contributed by atoms with Gasteiger partial charge < -0.3 is 10.7 Å². The fourth-order valence-electron chi connectivity index (χ4n) is 2.28. The Hall–Kier alpha value is -1.16. The lowest BCUT2D eigenvalue weighted by Crippen LogP contribution is -2.29. The van der Waals surface area contributed by atoms with Crippen molar-refractivity contribution in [2.75, 3.05) is 18.8 Å². The topological polar surface area (TPSA) is 92.8 Å². The molecular formula is C10H13IN6O. The number of nitrogen functional groups attached to an aromatic ring is 1. The minimum absolute atomic E-state index is 0.181. The van der Waals surface area contributed by atoms with Gasteiger partial charge in [-0.25, -0.2) is 14.8 Å². The molecule has 0 spiro atoms. The van der Waals surface area contributed by atoms with Crippen LogP contribution in [0.25, 0.3) is 11.2 Å². The van der Waals surface area contributed by atoms with Crippen LogP contribution in [0.15, 0.2) is 4.79 Å². The molecule has 96 valence electrons. The first-order valence-electron chi connectivity index (χ1n) is 5.79. The first-order chi connectivity index (χ1) is 8.65. The summed E-state index contributed by atoms with van der Waals surface area (Å²) >= 11 is 2.00. The number of halogens is 1. The molecule has 0 amide bonds. The molecule has 0 saturated carbocycles. The van der Waals surface area contributed by atoms with Crippen molar-refractivity contribution in [1.29, 1.82) is 0 Å². The third-order valence-corrected chi connectivity index (χ3v) is 3.65. The summed E-state index contributed by atoms with van der Waals surface area (Å²) in [6, 6.07) is 0. The summed E-state index contributed by atoms with van der Waals surface area (Å²) in [5.41, 5.74) is 6.73. The number of aromatic nitrogens is 4. The molecule has 2 aromatic heterocycles. The van der Waals surface area contributed by atoms with Crippen LogP contribution in [-0.4, -0.2) is 37.5 Å². The second-order valence-corrected chi connectivity index (χ2v) is 5.37. The van der Waals surface area contributed by atoms with E-state index in [9.17, 15) is 4.79 Å². The molecule has 8 heteroatoms. The Labute approximate surface area is 117 Å². The Morgan fingerprint density at radius 1 is 1.33 bits per heavy atom. The zero-order valence-corrected chi connectivity index (χ0v) is 11.8. The number of aromatic amines is 1. The third-order valence-electron chi connectivity index (χ3n) is 3.16. The van der Waals surface area contributed by atoms with Crippen molar-refractivity contribution in [2.24, 2.45) is 0 Å². The van der Waals surface area contributed by atoms with Crippen molar-refractivity contribution in [1.82, 2.24) is 24.4 Å². The minimum atomic E-state index is -0.181. The average Bonchev–Trinajstić information content (AvgIpc) is 2.91. The number of rotatable bonds is 2. The van der Waals surface area contributed by atoms with E-state index < -0.39 is 0 Å². The van der Waals surface area contributed by atoms with E-state index in [1.807, 2.05) is 22.6 Å². The number of imidazole rings is 1. The summed E-state index contributed by atoms with van der Waals surface area (Å²) in [7, 11) is 0. The molecule has 1 aliphatic heterocycles. The van der Waals surface area contributed by atoms with Gasteiger partial charge >= 0.3 is 5.69 Å². The van der Waals surface area contributed by atoms with E-state index in [4.69, 9.17) is 5.73 Å². The molecule has 0 bridgehead atoms. The maximum Gasteiger partial charge on any atom is 0.328 e. The van der Waals surface area contributed by atoms with E-state index in [0.717, 1.165) is 13.1 Å². The van der Waals surface area contributed by atoms with Crippen LogP contribution < -0.4 is 11.4 Å². The molecule has 7 nitrogen and oxygen atoms in total. The Bertz CT molecular complexity index is 642.